The van der Waals surface area contributed by atoms with Gasteiger partial charge in [-0.05, 0) is 12.2 Å². The Morgan fingerprint density at radius 3 is 2.47 bits per heavy atom. The molecule has 2 aliphatic heterocycles. The first-order valence-corrected chi connectivity index (χ1v) is 12.7. The van der Waals surface area contributed by atoms with Gasteiger partial charge in [-0.15, -0.1) is 5.73 Å². The highest BCUT2D eigenvalue weighted by Gasteiger charge is 2.57. The molecule has 0 spiro atoms. The largest absolute Gasteiger partial charge is 0.490 e. The lowest BCUT2D eigenvalue weighted by Crippen LogP contribution is -2.44. The molecule has 0 aliphatic carbocycles. The maximum Gasteiger partial charge on any atom is 0.490 e. The first-order chi connectivity index (χ1) is 14.5. The fourth-order valence-corrected chi connectivity index (χ4v) is 5.71. The summed E-state index contributed by atoms with van der Waals surface area (Å²) in [6.45, 7) is 5.64. The van der Waals surface area contributed by atoms with Crippen molar-refractivity contribution in [1.82, 2.24) is 4.90 Å². The zero-order chi connectivity index (χ0) is 24.5. The van der Waals surface area contributed by atoms with Gasteiger partial charge in [0.15, 0.2) is 12.4 Å². The highest BCUT2D eigenvalue weighted by atomic mass is 31.3. The summed E-state index contributed by atoms with van der Waals surface area (Å²) in [5.74, 6) is 0.00114. The number of aliphatic hydroxyl groups is 1. The van der Waals surface area contributed by atoms with E-state index in [0.717, 1.165) is 11.0 Å². The molecule has 32 heavy (non-hydrogen) atoms. The van der Waals surface area contributed by atoms with E-state index < -0.39 is 54.2 Å². The summed E-state index contributed by atoms with van der Waals surface area (Å²) in [4.78, 5) is 40.8. The van der Waals surface area contributed by atoms with E-state index >= 15 is 0 Å². The van der Waals surface area contributed by atoms with Gasteiger partial charge in [-0.1, -0.05) is 13.2 Å². The Bertz CT molecular complexity index is 1020. The molecule has 180 valence electrons. The van der Waals surface area contributed by atoms with Crippen molar-refractivity contribution in [3.8, 4) is 0 Å². The van der Waals surface area contributed by atoms with Crippen LogP contribution in [0.3, 0.4) is 0 Å². The van der Waals surface area contributed by atoms with Crippen LogP contribution in [-0.2, 0) is 31.6 Å². The fourth-order valence-electron chi connectivity index (χ4n) is 2.65. The molecule has 2 unspecified atom stereocenters. The summed E-state index contributed by atoms with van der Waals surface area (Å²) in [5, 5.41) is 10.4. The number of phosphoric ester groups is 1. The van der Waals surface area contributed by atoms with Crippen LogP contribution < -0.4 is 5.73 Å². The number of hydrogen-bond donors (Lipinski definition) is 6. The molecule has 0 radical (unpaired) electrons. The van der Waals surface area contributed by atoms with E-state index in [2.05, 4.69) is 37.0 Å². The maximum absolute atomic E-state index is 14.9. The SMILES string of the molecule is C=C=C[C@]1(COP(=O)(O)OP(=O)(O)OP(=O)(O)O)O[C@@H](N2C=CC(N)=NC2=C)[C@@H](F)[C@@H]1O. The summed E-state index contributed by atoms with van der Waals surface area (Å²) in [7, 11) is -17.0. The van der Waals surface area contributed by atoms with Gasteiger partial charge in [0, 0.05) is 6.20 Å². The number of phosphoric acid groups is 3. The van der Waals surface area contributed by atoms with E-state index in [-0.39, 0.29) is 11.7 Å². The van der Waals surface area contributed by atoms with Gasteiger partial charge in [-0.2, -0.15) is 8.62 Å². The van der Waals surface area contributed by atoms with Gasteiger partial charge in [0.1, 0.15) is 23.4 Å². The minimum atomic E-state index is -5.78. The number of rotatable bonds is 9. The molecule has 0 saturated carbocycles. The third-order valence-electron chi connectivity index (χ3n) is 3.87. The predicted octanol–water partition coefficient (Wildman–Crippen LogP) is 0.123. The highest BCUT2D eigenvalue weighted by molar-refractivity contribution is 7.66. The topological polar surface area (TPSA) is 231 Å². The number of hydrogen-bond acceptors (Lipinski definition) is 11. The first kappa shape index (κ1) is 26.8. The number of nitrogens with two attached hydrogens (primary N) is 1. The molecule has 2 aliphatic rings. The molecule has 19 heteroatoms. The second kappa shape index (κ2) is 9.41. The van der Waals surface area contributed by atoms with Crippen LogP contribution in [0.25, 0.3) is 0 Å². The van der Waals surface area contributed by atoms with Crippen LogP contribution in [0.1, 0.15) is 0 Å². The summed E-state index contributed by atoms with van der Waals surface area (Å²) in [6.07, 6.45) is -2.42. The van der Waals surface area contributed by atoms with Gasteiger partial charge in [-0.3, -0.25) is 4.52 Å². The molecule has 2 heterocycles. The fraction of sp³-hybridized carbons (Fsp3) is 0.385. The lowest BCUT2D eigenvalue weighted by molar-refractivity contribution is -0.104. The number of amidine groups is 1. The number of halogens is 1. The van der Waals surface area contributed by atoms with Crippen molar-refractivity contribution in [1.29, 1.82) is 0 Å². The highest BCUT2D eigenvalue weighted by Crippen LogP contribution is 2.66. The van der Waals surface area contributed by atoms with Gasteiger partial charge in [0.05, 0.1) is 6.61 Å². The first-order valence-electron chi connectivity index (χ1n) is 8.16. The Kier molecular flexibility index (Phi) is 7.88. The van der Waals surface area contributed by atoms with Gasteiger partial charge in [0.25, 0.3) is 0 Å². The monoisotopic (exact) mass is 521 g/mol. The zero-order valence-corrected chi connectivity index (χ0v) is 18.6. The van der Waals surface area contributed by atoms with Crippen molar-refractivity contribution in [2.45, 2.75) is 24.1 Å². The van der Waals surface area contributed by atoms with Crippen molar-refractivity contribution in [3.05, 3.63) is 43.1 Å². The average molecular weight is 521 g/mol. The normalized spacial score (nSPS) is 32.1. The molecule has 1 fully saturated rings. The molecule has 0 aromatic heterocycles. The van der Waals surface area contributed by atoms with E-state index in [0.29, 0.717) is 0 Å². The summed E-state index contributed by atoms with van der Waals surface area (Å²) >= 11 is 0. The number of aliphatic hydroxyl groups excluding tert-OH is 1. The second-order valence-corrected chi connectivity index (χ2v) is 10.7. The summed E-state index contributed by atoms with van der Waals surface area (Å²) < 4.78 is 66.1. The Balaban J connectivity index is 2.22. The van der Waals surface area contributed by atoms with E-state index in [9.17, 15) is 33.0 Å². The minimum Gasteiger partial charge on any atom is -0.386 e. The lowest BCUT2D eigenvalue weighted by atomic mass is 9.96. The van der Waals surface area contributed by atoms with Gasteiger partial charge in [0.2, 0.25) is 0 Å². The third-order valence-corrected chi connectivity index (χ3v) is 7.65. The number of aliphatic imine (C=N–C) groups is 1. The smallest absolute Gasteiger partial charge is 0.386 e. The Morgan fingerprint density at radius 2 is 1.94 bits per heavy atom. The standard InChI is InChI=1S/C13H19FN3O12P3/c1-3-5-13(7-26-31(22,23)29-32(24,25)28-30(19,20)21)11(18)10(14)12(27-13)17-6-4-9(15)16-8(17)2/h4-6,10-12,18H,1-2,7H2,(H2,15,16)(H,22,23)(H,24,25)(H2,19,20,21)/t10-,11-,12+,13+/m0/s1. The van der Waals surface area contributed by atoms with E-state index in [1.165, 1.54) is 12.3 Å². The van der Waals surface area contributed by atoms with E-state index in [1.54, 1.807) is 0 Å². The van der Waals surface area contributed by atoms with Crippen LogP contribution in [-0.4, -0.2) is 66.1 Å². The maximum atomic E-state index is 14.9. The zero-order valence-electron chi connectivity index (χ0n) is 15.9. The molecule has 2 rings (SSSR count). The third kappa shape index (κ3) is 6.53. The van der Waals surface area contributed by atoms with Crippen LogP contribution in [0, 0.1) is 0 Å². The number of ether oxygens (including phenoxy) is 1. The van der Waals surface area contributed by atoms with E-state index in [1.807, 2.05) is 0 Å². The Morgan fingerprint density at radius 1 is 1.31 bits per heavy atom. The van der Waals surface area contributed by atoms with Crippen LogP contribution >= 0.6 is 23.5 Å². The molecule has 0 aromatic carbocycles. The Hall–Kier alpha value is -1.47. The molecule has 15 nitrogen and oxygen atoms in total. The van der Waals surface area contributed by atoms with Crippen molar-refractivity contribution < 1.29 is 60.6 Å². The van der Waals surface area contributed by atoms with Gasteiger partial charge < -0.3 is 40.1 Å². The second-order valence-electron chi connectivity index (χ2n) is 6.24. The molecular weight excluding hydrogens is 502 g/mol. The molecule has 7 N–H and O–H groups in total. The lowest BCUT2D eigenvalue weighted by Gasteiger charge is -2.31. The van der Waals surface area contributed by atoms with E-state index in [4.69, 9.17) is 20.3 Å². The van der Waals surface area contributed by atoms with Crippen LogP contribution in [0.2, 0.25) is 0 Å². The van der Waals surface area contributed by atoms with Crippen molar-refractivity contribution in [2.75, 3.05) is 6.61 Å². The number of nitrogens with zero attached hydrogens (tertiary/aromatic N) is 2. The predicted molar refractivity (Wildman–Crippen MR) is 104 cm³/mol. The molecule has 6 atom stereocenters. The quantitative estimate of drug-likeness (QED) is 0.175. The van der Waals surface area contributed by atoms with Crippen LogP contribution in [0.15, 0.2) is 48.1 Å². The van der Waals surface area contributed by atoms with Crippen molar-refractivity contribution in [2.24, 2.45) is 10.7 Å². The van der Waals surface area contributed by atoms with Crippen molar-refractivity contribution >= 4 is 29.3 Å². The molecule has 0 bridgehead atoms. The van der Waals surface area contributed by atoms with Gasteiger partial charge in [-0.25, -0.2) is 23.1 Å². The van der Waals surface area contributed by atoms with Crippen molar-refractivity contribution in [3.63, 3.8) is 0 Å². The Labute approximate surface area is 180 Å². The summed E-state index contributed by atoms with van der Waals surface area (Å²) in [6, 6.07) is 0. The molecule has 1 saturated heterocycles. The number of alkyl halides is 1. The molecule has 0 amide bonds. The van der Waals surface area contributed by atoms with Crippen LogP contribution in [0.4, 0.5) is 4.39 Å². The summed E-state index contributed by atoms with van der Waals surface area (Å²) in [5.41, 5.74) is 5.48. The van der Waals surface area contributed by atoms with Crippen LogP contribution in [0.5, 0.6) is 0 Å². The molecular formula is C13H19FN3O12P3. The minimum absolute atomic E-state index is 0.0591. The molecule has 0 aromatic rings. The van der Waals surface area contributed by atoms with Gasteiger partial charge >= 0.3 is 23.5 Å². The average Bonchev–Trinajstić information content (AvgIpc) is 2.83.